The molecule has 1 N–H and O–H groups in total. The molecule has 1 aliphatic heterocycles. The Morgan fingerprint density at radius 2 is 1.56 bits per heavy atom. The summed E-state index contributed by atoms with van der Waals surface area (Å²) in [7, 11) is 0. The number of carbonyl (C=O) groups is 1. The molecule has 0 spiro atoms. The molecule has 0 radical (unpaired) electrons. The number of halogens is 1. The summed E-state index contributed by atoms with van der Waals surface area (Å²) in [6.45, 7) is 2.43. The van der Waals surface area contributed by atoms with Gasteiger partial charge in [-0.1, -0.05) is 48.5 Å². The monoisotopic (exact) mass is 456 g/mol. The summed E-state index contributed by atoms with van der Waals surface area (Å²) in [4.78, 5) is 28.6. The lowest BCUT2D eigenvalue weighted by molar-refractivity contribution is 0.0904. The first kappa shape index (κ1) is 22.0. The van der Waals surface area contributed by atoms with Crippen LogP contribution in [0.4, 0.5) is 4.39 Å². The van der Waals surface area contributed by atoms with Crippen molar-refractivity contribution < 1.29 is 9.18 Å². The van der Waals surface area contributed by atoms with E-state index in [0.29, 0.717) is 16.5 Å². The van der Waals surface area contributed by atoms with Crippen molar-refractivity contribution >= 4 is 16.7 Å². The van der Waals surface area contributed by atoms with Gasteiger partial charge in [0.25, 0.3) is 11.5 Å². The molecule has 0 bridgehead atoms. The van der Waals surface area contributed by atoms with Gasteiger partial charge in [0.15, 0.2) is 5.69 Å². The Morgan fingerprint density at radius 1 is 0.912 bits per heavy atom. The molecule has 2 heterocycles. The maximum absolute atomic E-state index is 13.3. The SMILES string of the molecule is O=C(NC1CCN(Cc2ccc(F)cc2)CC1)c1nn(-c2ccccc2)c(=O)c2ccccc12. The largest absolute Gasteiger partial charge is 0.348 e. The number of hydrogen-bond acceptors (Lipinski definition) is 4. The van der Waals surface area contributed by atoms with Crippen molar-refractivity contribution in [1.82, 2.24) is 20.0 Å². The van der Waals surface area contributed by atoms with Crippen molar-refractivity contribution in [2.75, 3.05) is 13.1 Å². The number of benzene rings is 3. The van der Waals surface area contributed by atoms with Gasteiger partial charge in [-0.2, -0.15) is 9.78 Å². The fraction of sp³-hybridized carbons (Fsp3) is 0.222. The third kappa shape index (κ3) is 4.61. The quantitative estimate of drug-likeness (QED) is 0.494. The summed E-state index contributed by atoms with van der Waals surface area (Å²) in [5.74, 6) is -0.511. The van der Waals surface area contributed by atoms with Crippen LogP contribution < -0.4 is 10.9 Å². The number of para-hydroxylation sites is 1. The number of aromatic nitrogens is 2. The molecule has 0 atom stereocenters. The van der Waals surface area contributed by atoms with Crippen LogP contribution in [0.25, 0.3) is 16.5 Å². The van der Waals surface area contributed by atoms with Gasteiger partial charge >= 0.3 is 0 Å². The van der Waals surface area contributed by atoms with Gasteiger partial charge < -0.3 is 5.32 Å². The number of fused-ring (bicyclic) bond motifs is 1. The number of nitrogens with one attached hydrogen (secondary N) is 1. The molecule has 1 amide bonds. The van der Waals surface area contributed by atoms with Crippen LogP contribution in [0.5, 0.6) is 0 Å². The molecule has 0 unspecified atom stereocenters. The van der Waals surface area contributed by atoms with Gasteiger partial charge in [0.2, 0.25) is 0 Å². The number of carbonyl (C=O) groups excluding carboxylic acids is 1. The highest BCUT2D eigenvalue weighted by Crippen LogP contribution is 2.18. The van der Waals surface area contributed by atoms with Crippen LogP contribution in [0.2, 0.25) is 0 Å². The van der Waals surface area contributed by atoms with E-state index in [1.807, 2.05) is 30.3 Å². The van der Waals surface area contributed by atoms with Gasteiger partial charge in [-0.15, -0.1) is 0 Å². The summed E-state index contributed by atoms with van der Waals surface area (Å²) in [6, 6.07) is 22.8. The van der Waals surface area contributed by atoms with Crippen molar-refractivity contribution in [2.24, 2.45) is 0 Å². The second-order valence-electron chi connectivity index (χ2n) is 8.60. The Hall–Kier alpha value is -3.84. The van der Waals surface area contributed by atoms with E-state index in [4.69, 9.17) is 0 Å². The molecule has 1 saturated heterocycles. The van der Waals surface area contributed by atoms with Gasteiger partial charge in [0.05, 0.1) is 11.1 Å². The molecule has 1 aliphatic rings. The van der Waals surface area contributed by atoms with Gasteiger partial charge in [0, 0.05) is 31.1 Å². The van der Waals surface area contributed by atoms with E-state index >= 15 is 0 Å². The molecule has 3 aromatic carbocycles. The van der Waals surface area contributed by atoms with Crippen LogP contribution >= 0.6 is 0 Å². The molecule has 0 saturated carbocycles. The maximum atomic E-state index is 13.3. The summed E-state index contributed by atoms with van der Waals surface area (Å²) in [6.07, 6.45) is 1.62. The number of nitrogens with zero attached hydrogens (tertiary/aromatic N) is 3. The van der Waals surface area contributed by atoms with Crippen LogP contribution in [0.3, 0.4) is 0 Å². The molecular formula is C27H25FN4O2. The number of amides is 1. The first-order chi connectivity index (χ1) is 16.6. The summed E-state index contributed by atoms with van der Waals surface area (Å²) >= 11 is 0. The van der Waals surface area contributed by atoms with Crippen LogP contribution in [-0.4, -0.2) is 39.7 Å². The van der Waals surface area contributed by atoms with Crippen molar-refractivity contribution in [3.8, 4) is 5.69 Å². The van der Waals surface area contributed by atoms with Gasteiger partial charge in [-0.25, -0.2) is 4.39 Å². The molecule has 4 aromatic rings. The van der Waals surface area contributed by atoms with Gasteiger partial charge in [-0.3, -0.25) is 14.5 Å². The van der Waals surface area contributed by atoms with E-state index in [1.165, 1.54) is 16.8 Å². The summed E-state index contributed by atoms with van der Waals surface area (Å²) in [5.41, 5.74) is 1.67. The second-order valence-corrected chi connectivity index (χ2v) is 8.60. The molecular weight excluding hydrogens is 431 g/mol. The maximum Gasteiger partial charge on any atom is 0.279 e. The minimum Gasteiger partial charge on any atom is -0.348 e. The zero-order valence-electron chi connectivity index (χ0n) is 18.7. The van der Waals surface area contributed by atoms with E-state index in [2.05, 4.69) is 15.3 Å². The first-order valence-corrected chi connectivity index (χ1v) is 11.4. The zero-order valence-corrected chi connectivity index (χ0v) is 18.7. The summed E-state index contributed by atoms with van der Waals surface area (Å²) < 4.78 is 14.4. The average molecular weight is 457 g/mol. The smallest absolute Gasteiger partial charge is 0.279 e. The molecule has 7 heteroatoms. The normalized spacial score (nSPS) is 14.9. The Balaban J connectivity index is 1.33. The Kier molecular flexibility index (Phi) is 6.18. The van der Waals surface area contributed by atoms with Crippen LogP contribution in [0, 0.1) is 5.82 Å². The molecule has 1 fully saturated rings. The molecule has 172 valence electrons. The Labute approximate surface area is 196 Å². The number of piperidine rings is 1. The lowest BCUT2D eigenvalue weighted by atomic mass is 10.0. The fourth-order valence-corrected chi connectivity index (χ4v) is 4.44. The van der Waals surface area contributed by atoms with Crippen LogP contribution in [0.15, 0.2) is 83.7 Å². The lowest BCUT2D eigenvalue weighted by Crippen LogP contribution is -2.45. The highest BCUT2D eigenvalue weighted by atomic mass is 19.1. The summed E-state index contributed by atoms with van der Waals surface area (Å²) in [5, 5.41) is 8.60. The third-order valence-electron chi connectivity index (χ3n) is 6.26. The van der Waals surface area contributed by atoms with E-state index in [1.54, 1.807) is 36.4 Å². The third-order valence-corrected chi connectivity index (χ3v) is 6.26. The average Bonchev–Trinajstić information content (AvgIpc) is 2.87. The molecule has 5 rings (SSSR count). The first-order valence-electron chi connectivity index (χ1n) is 11.4. The minimum atomic E-state index is -0.280. The number of rotatable bonds is 5. The van der Waals surface area contributed by atoms with Crippen molar-refractivity contribution in [2.45, 2.75) is 25.4 Å². The second kappa shape index (κ2) is 9.57. The highest BCUT2D eigenvalue weighted by Gasteiger charge is 2.24. The topological polar surface area (TPSA) is 67.2 Å². The van der Waals surface area contributed by atoms with Gasteiger partial charge in [0.1, 0.15) is 5.82 Å². The van der Waals surface area contributed by atoms with E-state index in [0.717, 1.165) is 38.0 Å². The van der Waals surface area contributed by atoms with Crippen molar-refractivity contribution in [3.05, 3.63) is 106 Å². The Morgan fingerprint density at radius 3 is 2.26 bits per heavy atom. The van der Waals surface area contributed by atoms with Crippen LogP contribution in [0.1, 0.15) is 28.9 Å². The molecule has 0 aliphatic carbocycles. The zero-order chi connectivity index (χ0) is 23.5. The van der Waals surface area contributed by atoms with E-state index in [-0.39, 0.29) is 29.0 Å². The van der Waals surface area contributed by atoms with E-state index < -0.39 is 0 Å². The van der Waals surface area contributed by atoms with Gasteiger partial charge in [-0.05, 0) is 48.7 Å². The predicted molar refractivity (Wildman–Crippen MR) is 130 cm³/mol. The van der Waals surface area contributed by atoms with Crippen molar-refractivity contribution in [3.63, 3.8) is 0 Å². The molecule has 6 nitrogen and oxygen atoms in total. The van der Waals surface area contributed by atoms with E-state index in [9.17, 15) is 14.0 Å². The molecule has 34 heavy (non-hydrogen) atoms. The van der Waals surface area contributed by atoms with Crippen LogP contribution in [-0.2, 0) is 6.54 Å². The minimum absolute atomic E-state index is 0.0228. The Bertz CT molecular complexity index is 1360. The highest BCUT2D eigenvalue weighted by molar-refractivity contribution is 6.05. The van der Waals surface area contributed by atoms with Crippen molar-refractivity contribution in [1.29, 1.82) is 0 Å². The fourth-order valence-electron chi connectivity index (χ4n) is 4.44. The number of likely N-dealkylation sites (tertiary alicyclic amines) is 1. The molecule has 1 aromatic heterocycles. The number of hydrogen-bond donors (Lipinski definition) is 1. The predicted octanol–water partition coefficient (Wildman–Crippen LogP) is 3.92. The lowest BCUT2D eigenvalue weighted by Gasteiger charge is -2.32. The standard InChI is InChI=1S/C27H25FN4O2/c28-20-12-10-19(11-13-20)18-31-16-14-21(15-17-31)29-26(33)25-23-8-4-5-9-24(23)27(34)32(30-25)22-6-2-1-3-7-22/h1-13,21H,14-18H2,(H,29,33).